The third-order valence-electron chi connectivity index (χ3n) is 3.46. The number of carbonyl (C=O) groups is 2. The third kappa shape index (κ3) is 5.95. The van der Waals surface area contributed by atoms with Crippen molar-refractivity contribution in [3.05, 3.63) is 59.7 Å². The molecular weight excluding hydrogens is 316 g/mol. The maximum absolute atomic E-state index is 12.4. The van der Waals surface area contributed by atoms with E-state index in [0.29, 0.717) is 17.7 Å². The minimum absolute atomic E-state index is 0.0287. The molecule has 2 aromatic rings. The van der Waals surface area contributed by atoms with Gasteiger partial charge in [0.2, 0.25) is 0 Å². The van der Waals surface area contributed by atoms with Gasteiger partial charge in [0.05, 0.1) is 0 Å². The van der Waals surface area contributed by atoms with E-state index >= 15 is 0 Å². The van der Waals surface area contributed by atoms with Gasteiger partial charge in [0.1, 0.15) is 5.60 Å². The van der Waals surface area contributed by atoms with Crippen LogP contribution in [0.1, 0.15) is 36.7 Å². The molecule has 0 fully saturated rings. The number of ether oxygens (including phenoxy) is 1. The lowest BCUT2D eigenvalue weighted by Crippen LogP contribution is -2.27. The summed E-state index contributed by atoms with van der Waals surface area (Å²) in [5.74, 6) is 0.0287. The van der Waals surface area contributed by atoms with Gasteiger partial charge in [-0.15, -0.1) is 0 Å². The second kappa shape index (κ2) is 7.83. The van der Waals surface area contributed by atoms with Gasteiger partial charge in [-0.3, -0.25) is 10.1 Å². The molecule has 0 aliphatic carbocycles. The lowest BCUT2D eigenvalue weighted by Gasteiger charge is -2.19. The quantitative estimate of drug-likeness (QED) is 0.786. The molecule has 5 heteroatoms. The summed E-state index contributed by atoms with van der Waals surface area (Å²) in [6, 6.07) is 14.5. The zero-order chi connectivity index (χ0) is 18.4. The van der Waals surface area contributed by atoms with Gasteiger partial charge in [-0.2, -0.15) is 0 Å². The Hall–Kier alpha value is -2.82. The molecule has 1 amide bonds. The van der Waals surface area contributed by atoms with E-state index in [-0.39, 0.29) is 5.78 Å². The second-order valence-corrected chi connectivity index (χ2v) is 6.75. The monoisotopic (exact) mass is 340 g/mol. The zero-order valence-electron chi connectivity index (χ0n) is 15.1. The van der Waals surface area contributed by atoms with Gasteiger partial charge < -0.3 is 10.1 Å². The fourth-order valence-electron chi connectivity index (χ4n) is 2.24. The topological polar surface area (TPSA) is 67.4 Å². The Bertz CT molecular complexity index is 729. The van der Waals surface area contributed by atoms with Gasteiger partial charge >= 0.3 is 6.09 Å². The molecule has 0 aliphatic rings. The number of nitrogens with one attached hydrogen (secondary N) is 2. The average Bonchev–Trinajstić information content (AvgIpc) is 2.54. The SMILES string of the molecule is CNc1ccc(CC(=O)c2ccc(NC(=O)OC(C)(C)C)cc2)cc1. The van der Waals surface area contributed by atoms with Crippen LogP contribution in [0.15, 0.2) is 48.5 Å². The fraction of sp³-hybridized carbons (Fsp3) is 0.300. The number of benzene rings is 2. The normalized spacial score (nSPS) is 10.9. The molecule has 0 radical (unpaired) electrons. The largest absolute Gasteiger partial charge is 0.444 e. The van der Waals surface area contributed by atoms with Crippen LogP contribution in [0.5, 0.6) is 0 Å². The van der Waals surface area contributed by atoms with Gasteiger partial charge in [0, 0.05) is 30.4 Å². The van der Waals surface area contributed by atoms with Crippen LogP contribution >= 0.6 is 0 Å². The highest BCUT2D eigenvalue weighted by Gasteiger charge is 2.16. The van der Waals surface area contributed by atoms with Crippen LogP contribution in [0.3, 0.4) is 0 Å². The Morgan fingerprint density at radius 1 is 0.920 bits per heavy atom. The van der Waals surface area contributed by atoms with Crippen LogP contribution in [-0.4, -0.2) is 24.5 Å². The van der Waals surface area contributed by atoms with E-state index in [1.165, 1.54) is 0 Å². The first kappa shape index (κ1) is 18.5. The Labute approximate surface area is 148 Å². The molecule has 0 heterocycles. The molecule has 0 spiro atoms. The lowest BCUT2D eigenvalue weighted by atomic mass is 10.0. The Balaban J connectivity index is 1.96. The Morgan fingerprint density at radius 3 is 2.00 bits per heavy atom. The number of ketones is 1. The van der Waals surface area contributed by atoms with Gasteiger partial charge in [0.15, 0.2) is 5.78 Å². The molecule has 0 aliphatic heterocycles. The van der Waals surface area contributed by atoms with Crippen molar-refractivity contribution in [1.29, 1.82) is 0 Å². The summed E-state index contributed by atoms with van der Waals surface area (Å²) >= 11 is 0. The molecule has 5 nitrogen and oxygen atoms in total. The van der Waals surface area contributed by atoms with Crippen LogP contribution in [0.4, 0.5) is 16.2 Å². The number of amides is 1. The highest BCUT2D eigenvalue weighted by atomic mass is 16.6. The number of hydrogen-bond donors (Lipinski definition) is 2. The average molecular weight is 340 g/mol. The fourth-order valence-corrected chi connectivity index (χ4v) is 2.24. The smallest absolute Gasteiger partial charge is 0.412 e. The predicted molar refractivity (Wildman–Crippen MR) is 100 cm³/mol. The summed E-state index contributed by atoms with van der Waals surface area (Å²) < 4.78 is 5.20. The van der Waals surface area contributed by atoms with Gasteiger partial charge in [-0.05, 0) is 62.7 Å². The van der Waals surface area contributed by atoms with E-state index in [9.17, 15) is 9.59 Å². The lowest BCUT2D eigenvalue weighted by molar-refractivity contribution is 0.0636. The summed E-state index contributed by atoms with van der Waals surface area (Å²) in [5, 5.41) is 5.69. The van der Waals surface area contributed by atoms with E-state index in [1.807, 2.05) is 31.3 Å². The highest BCUT2D eigenvalue weighted by Crippen LogP contribution is 2.15. The van der Waals surface area contributed by atoms with Crippen molar-refractivity contribution in [1.82, 2.24) is 0 Å². The molecular formula is C20H24N2O3. The highest BCUT2D eigenvalue weighted by molar-refractivity contribution is 5.98. The third-order valence-corrected chi connectivity index (χ3v) is 3.46. The van der Waals surface area contributed by atoms with Crippen LogP contribution in [0.25, 0.3) is 0 Å². The minimum atomic E-state index is -0.553. The van der Waals surface area contributed by atoms with Crippen molar-refractivity contribution < 1.29 is 14.3 Å². The van der Waals surface area contributed by atoms with Crippen molar-refractivity contribution in [2.75, 3.05) is 17.7 Å². The number of anilines is 2. The summed E-state index contributed by atoms with van der Waals surface area (Å²) in [6.45, 7) is 5.41. The first-order chi connectivity index (χ1) is 11.8. The van der Waals surface area contributed by atoms with Crippen molar-refractivity contribution >= 4 is 23.3 Å². The summed E-state index contributed by atoms with van der Waals surface area (Å²) in [5.41, 5.74) is 2.60. The maximum atomic E-state index is 12.4. The predicted octanol–water partition coefficient (Wildman–Crippen LogP) is 4.50. The molecule has 2 N–H and O–H groups in total. The molecule has 0 bridgehead atoms. The van der Waals surface area contributed by atoms with Crippen molar-refractivity contribution in [3.63, 3.8) is 0 Å². The van der Waals surface area contributed by atoms with Crippen LogP contribution in [0.2, 0.25) is 0 Å². The molecule has 0 aromatic heterocycles. The summed E-state index contributed by atoms with van der Waals surface area (Å²) in [6.07, 6.45) is -0.181. The molecule has 0 atom stereocenters. The van der Waals surface area contributed by atoms with Crippen molar-refractivity contribution in [2.24, 2.45) is 0 Å². The molecule has 0 saturated carbocycles. The van der Waals surface area contributed by atoms with Gasteiger partial charge in [-0.1, -0.05) is 12.1 Å². The maximum Gasteiger partial charge on any atom is 0.412 e. The van der Waals surface area contributed by atoms with Crippen LogP contribution in [0, 0.1) is 0 Å². The Kier molecular flexibility index (Phi) is 5.80. The number of Topliss-reactive ketones (excluding diaryl/α,β-unsaturated/α-hetero) is 1. The molecule has 0 saturated heterocycles. The first-order valence-electron chi connectivity index (χ1n) is 8.17. The number of carbonyl (C=O) groups excluding carboxylic acids is 2. The zero-order valence-corrected chi connectivity index (χ0v) is 15.1. The van der Waals surface area contributed by atoms with Gasteiger partial charge in [0.25, 0.3) is 0 Å². The summed E-state index contributed by atoms with van der Waals surface area (Å²) in [4.78, 5) is 24.1. The van der Waals surface area contributed by atoms with E-state index in [4.69, 9.17) is 4.74 Å². The molecule has 2 aromatic carbocycles. The molecule has 132 valence electrons. The molecule has 2 rings (SSSR count). The number of rotatable bonds is 5. The molecule has 25 heavy (non-hydrogen) atoms. The van der Waals surface area contributed by atoms with Crippen LogP contribution in [-0.2, 0) is 11.2 Å². The second-order valence-electron chi connectivity index (χ2n) is 6.75. The van der Waals surface area contributed by atoms with E-state index in [1.54, 1.807) is 45.0 Å². The first-order valence-corrected chi connectivity index (χ1v) is 8.17. The van der Waals surface area contributed by atoms with Crippen molar-refractivity contribution in [3.8, 4) is 0 Å². The van der Waals surface area contributed by atoms with E-state index < -0.39 is 11.7 Å². The van der Waals surface area contributed by atoms with Crippen molar-refractivity contribution in [2.45, 2.75) is 32.8 Å². The Morgan fingerprint density at radius 2 is 1.48 bits per heavy atom. The van der Waals surface area contributed by atoms with E-state index in [0.717, 1.165) is 11.3 Å². The summed E-state index contributed by atoms with van der Waals surface area (Å²) in [7, 11) is 1.85. The van der Waals surface area contributed by atoms with E-state index in [2.05, 4.69) is 10.6 Å². The number of hydrogen-bond acceptors (Lipinski definition) is 4. The minimum Gasteiger partial charge on any atom is -0.444 e. The standard InChI is InChI=1S/C20H24N2O3/c1-20(2,3)25-19(24)22-17-11-7-15(8-12-17)18(23)13-14-5-9-16(21-4)10-6-14/h5-12,21H,13H2,1-4H3,(H,22,24). The van der Waals surface area contributed by atoms with Gasteiger partial charge in [-0.25, -0.2) is 4.79 Å². The molecule has 0 unspecified atom stereocenters. The van der Waals surface area contributed by atoms with Crippen LogP contribution < -0.4 is 10.6 Å².